The molecule has 1 aromatic carbocycles. The summed E-state index contributed by atoms with van der Waals surface area (Å²) in [4.78, 5) is 11.4. The maximum absolute atomic E-state index is 5.85. The lowest BCUT2D eigenvalue weighted by atomic mass is 10.0. The minimum Gasteiger partial charge on any atom is -0.351 e. The Labute approximate surface area is 201 Å². The van der Waals surface area contributed by atoms with Gasteiger partial charge in [0.1, 0.15) is 6.04 Å². The first-order valence-electron chi connectivity index (χ1n) is 10.4. The molecule has 0 unspecified atom stereocenters. The lowest BCUT2D eigenvalue weighted by Crippen LogP contribution is -2.30. The molecule has 3 aromatic heterocycles. The van der Waals surface area contributed by atoms with Crippen LogP contribution in [-0.4, -0.2) is 19.6 Å². The number of benzene rings is 1. The summed E-state index contributed by atoms with van der Waals surface area (Å²) in [6.45, 7) is 2.78. The maximum atomic E-state index is 5.85. The highest BCUT2D eigenvalue weighted by Crippen LogP contribution is 2.42. The molecule has 4 heterocycles. The highest BCUT2D eigenvalue weighted by Gasteiger charge is 2.42. The Morgan fingerprint density at radius 3 is 2.53 bits per heavy atom. The zero-order valence-corrected chi connectivity index (χ0v) is 19.9. The van der Waals surface area contributed by atoms with Gasteiger partial charge in [-0.05, 0) is 79.3 Å². The Morgan fingerprint density at radius 2 is 1.81 bits per heavy atom. The van der Waals surface area contributed by atoms with E-state index in [1.165, 1.54) is 0 Å². The second-order valence-corrected chi connectivity index (χ2v) is 9.05. The first kappa shape index (κ1) is 20.8. The number of anilines is 1. The lowest BCUT2D eigenvalue weighted by molar-refractivity contribution is 0.532. The quantitative estimate of drug-likeness (QED) is 0.360. The standard InChI is InChI=1S/C25H22BrN5S/c1-17-15-19(10-11-20(17)26)31-24(23(29-25(31)32)21-8-3-5-13-28-21)22-9-6-14-30(22)16-18-7-2-4-12-27-18/h2-15,23-24H,16H2,1H3,(H,29,32)/t23-,24+/m1/s1. The third kappa shape index (κ3) is 3.94. The number of aromatic nitrogens is 3. The van der Waals surface area contributed by atoms with Crippen molar-refractivity contribution in [3.8, 4) is 0 Å². The first-order valence-corrected chi connectivity index (χ1v) is 11.6. The van der Waals surface area contributed by atoms with Crippen molar-refractivity contribution in [3.63, 3.8) is 0 Å². The van der Waals surface area contributed by atoms with E-state index in [4.69, 9.17) is 12.2 Å². The van der Waals surface area contributed by atoms with E-state index in [0.717, 1.165) is 32.8 Å². The Kier molecular flexibility index (Phi) is 5.76. The molecule has 0 radical (unpaired) electrons. The Morgan fingerprint density at radius 1 is 1.00 bits per heavy atom. The molecule has 5 rings (SSSR count). The molecule has 2 atom stereocenters. The summed E-state index contributed by atoms with van der Waals surface area (Å²) in [6, 6.07) is 22.5. The zero-order valence-electron chi connectivity index (χ0n) is 17.5. The Hall–Kier alpha value is -3.03. The normalized spacial score (nSPS) is 18.1. The van der Waals surface area contributed by atoms with Crippen LogP contribution in [0.4, 0.5) is 5.69 Å². The molecule has 4 aromatic rings. The summed E-state index contributed by atoms with van der Waals surface area (Å²) >= 11 is 9.47. The van der Waals surface area contributed by atoms with E-state index in [9.17, 15) is 0 Å². The molecule has 1 N–H and O–H groups in total. The average molecular weight is 504 g/mol. The van der Waals surface area contributed by atoms with E-state index in [-0.39, 0.29) is 12.1 Å². The third-order valence-corrected chi connectivity index (χ3v) is 6.95. The van der Waals surface area contributed by atoms with Gasteiger partial charge in [0.2, 0.25) is 0 Å². The van der Waals surface area contributed by atoms with Gasteiger partial charge in [-0.3, -0.25) is 9.97 Å². The molecular weight excluding hydrogens is 482 g/mol. The molecule has 1 fully saturated rings. The van der Waals surface area contributed by atoms with E-state index in [2.05, 4.69) is 90.2 Å². The van der Waals surface area contributed by atoms with Crippen molar-refractivity contribution in [3.05, 3.63) is 112 Å². The molecular formula is C25H22BrN5S. The van der Waals surface area contributed by atoms with Crippen molar-refractivity contribution < 1.29 is 0 Å². The van der Waals surface area contributed by atoms with Gasteiger partial charge < -0.3 is 14.8 Å². The summed E-state index contributed by atoms with van der Waals surface area (Å²) in [5, 5.41) is 4.23. The van der Waals surface area contributed by atoms with Crippen LogP contribution >= 0.6 is 28.1 Å². The van der Waals surface area contributed by atoms with Crippen LogP contribution in [0.1, 0.15) is 34.7 Å². The first-order chi connectivity index (χ1) is 15.6. The molecule has 0 bridgehead atoms. The number of thiocarbonyl (C=S) groups is 1. The SMILES string of the molecule is Cc1cc(N2C(=S)N[C@H](c3ccccn3)[C@@H]2c2cccn2Cc2ccccn2)ccc1Br. The van der Waals surface area contributed by atoms with Gasteiger partial charge in [-0.25, -0.2) is 0 Å². The fraction of sp³-hybridized carbons (Fsp3) is 0.160. The van der Waals surface area contributed by atoms with Crippen LogP contribution in [0.3, 0.4) is 0 Å². The molecule has 1 aliphatic rings. The molecule has 0 amide bonds. The second-order valence-electron chi connectivity index (χ2n) is 7.81. The van der Waals surface area contributed by atoms with E-state index in [1.807, 2.05) is 42.7 Å². The Bertz CT molecular complexity index is 1240. The number of halogens is 1. The second kappa shape index (κ2) is 8.84. The van der Waals surface area contributed by atoms with Gasteiger partial charge in [-0.2, -0.15) is 0 Å². The van der Waals surface area contributed by atoms with Crippen LogP contribution in [0.2, 0.25) is 0 Å². The highest BCUT2D eigenvalue weighted by molar-refractivity contribution is 9.10. The predicted octanol–water partition coefficient (Wildman–Crippen LogP) is 5.57. The van der Waals surface area contributed by atoms with Gasteiger partial charge in [-0.15, -0.1) is 0 Å². The van der Waals surface area contributed by atoms with E-state index < -0.39 is 0 Å². The van der Waals surface area contributed by atoms with Gasteiger partial charge in [-0.1, -0.05) is 28.1 Å². The number of aryl methyl sites for hydroxylation is 1. The smallest absolute Gasteiger partial charge is 0.174 e. The molecule has 0 aliphatic carbocycles. The summed E-state index contributed by atoms with van der Waals surface area (Å²) < 4.78 is 3.33. The monoisotopic (exact) mass is 503 g/mol. The van der Waals surface area contributed by atoms with Crippen LogP contribution < -0.4 is 10.2 Å². The van der Waals surface area contributed by atoms with Gasteiger partial charge >= 0.3 is 0 Å². The third-order valence-electron chi connectivity index (χ3n) is 5.74. The van der Waals surface area contributed by atoms with Crippen molar-refractivity contribution in [2.24, 2.45) is 0 Å². The van der Waals surface area contributed by atoms with E-state index >= 15 is 0 Å². The van der Waals surface area contributed by atoms with Crippen LogP contribution in [0, 0.1) is 6.92 Å². The topological polar surface area (TPSA) is 46.0 Å². The molecule has 7 heteroatoms. The zero-order chi connectivity index (χ0) is 22.1. The average Bonchev–Trinajstić information content (AvgIpc) is 3.40. The van der Waals surface area contributed by atoms with Crippen LogP contribution in [0.5, 0.6) is 0 Å². The van der Waals surface area contributed by atoms with Gasteiger partial charge in [0.05, 0.1) is 24.0 Å². The van der Waals surface area contributed by atoms with Crippen LogP contribution in [0.15, 0.2) is 89.8 Å². The van der Waals surface area contributed by atoms with Crippen molar-refractivity contribution in [2.75, 3.05) is 4.90 Å². The number of hydrogen-bond acceptors (Lipinski definition) is 3. The summed E-state index contributed by atoms with van der Waals surface area (Å²) in [7, 11) is 0. The largest absolute Gasteiger partial charge is 0.351 e. The van der Waals surface area contributed by atoms with Crippen molar-refractivity contribution in [1.29, 1.82) is 0 Å². The van der Waals surface area contributed by atoms with Crippen molar-refractivity contribution in [2.45, 2.75) is 25.6 Å². The van der Waals surface area contributed by atoms with Gasteiger partial charge in [0.25, 0.3) is 0 Å². The van der Waals surface area contributed by atoms with Gasteiger partial charge in [0.15, 0.2) is 5.11 Å². The van der Waals surface area contributed by atoms with Crippen LogP contribution in [0.25, 0.3) is 0 Å². The number of hydrogen-bond donors (Lipinski definition) is 1. The minimum atomic E-state index is -0.0787. The molecule has 32 heavy (non-hydrogen) atoms. The van der Waals surface area contributed by atoms with Crippen LogP contribution in [-0.2, 0) is 6.54 Å². The highest BCUT2D eigenvalue weighted by atomic mass is 79.9. The van der Waals surface area contributed by atoms with Crippen molar-refractivity contribution in [1.82, 2.24) is 19.9 Å². The summed E-state index contributed by atoms with van der Waals surface area (Å²) in [5.41, 5.74) is 5.34. The number of pyridine rings is 2. The lowest BCUT2D eigenvalue weighted by Gasteiger charge is -2.29. The minimum absolute atomic E-state index is 0.0586. The molecule has 5 nitrogen and oxygen atoms in total. The molecule has 1 aliphatic heterocycles. The fourth-order valence-electron chi connectivity index (χ4n) is 4.22. The summed E-state index contributed by atoms with van der Waals surface area (Å²) in [6.07, 6.45) is 5.76. The van der Waals surface area contributed by atoms with Gasteiger partial charge in [0, 0.05) is 34.4 Å². The number of nitrogens with zero attached hydrogens (tertiary/aromatic N) is 4. The van der Waals surface area contributed by atoms with Crippen molar-refractivity contribution >= 4 is 38.9 Å². The number of rotatable bonds is 5. The Balaban J connectivity index is 1.61. The number of nitrogens with one attached hydrogen (secondary N) is 1. The fourth-order valence-corrected chi connectivity index (χ4v) is 4.81. The predicted molar refractivity (Wildman–Crippen MR) is 135 cm³/mol. The summed E-state index contributed by atoms with van der Waals surface area (Å²) in [5.74, 6) is 0. The van der Waals surface area contributed by atoms with E-state index in [1.54, 1.807) is 0 Å². The molecule has 0 saturated carbocycles. The molecule has 1 saturated heterocycles. The molecule has 160 valence electrons. The van der Waals surface area contributed by atoms with E-state index in [0.29, 0.717) is 11.7 Å². The molecule has 0 spiro atoms. The maximum Gasteiger partial charge on any atom is 0.174 e.